The Bertz CT molecular complexity index is 885. The second-order valence-electron chi connectivity index (χ2n) is 5.24. The number of carbonyl (C=O) groups excluding carboxylic acids is 3. The van der Waals surface area contributed by atoms with E-state index in [1.165, 1.54) is 44.6 Å². The first-order chi connectivity index (χ1) is 13.4. The van der Waals surface area contributed by atoms with Gasteiger partial charge in [0.1, 0.15) is 11.4 Å². The van der Waals surface area contributed by atoms with Crippen molar-refractivity contribution in [3.05, 3.63) is 58.4 Å². The zero-order chi connectivity index (χ0) is 20.7. The van der Waals surface area contributed by atoms with Crippen LogP contribution in [0.5, 0.6) is 11.5 Å². The Morgan fingerprint density at radius 3 is 2.39 bits per heavy atom. The maximum atomic E-state index is 13.6. The third-order valence-electron chi connectivity index (χ3n) is 3.46. The van der Waals surface area contributed by atoms with E-state index in [2.05, 4.69) is 10.9 Å². The first-order valence-corrected chi connectivity index (χ1v) is 8.17. The molecule has 0 heterocycles. The molecule has 2 rings (SSSR count). The second-order valence-corrected chi connectivity index (χ2v) is 5.65. The molecule has 2 amide bonds. The van der Waals surface area contributed by atoms with Crippen LogP contribution in [0.25, 0.3) is 0 Å². The summed E-state index contributed by atoms with van der Waals surface area (Å²) < 4.78 is 28.5. The number of rotatable bonds is 6. The number of methoxy groups -OCH3 is 2. The summed E-state index contributed by atoms with van der Waals surface area (Å²) in [4.78, 5) is 35.6. The molecular formula is C18H16ClFN2O6. The number of amides is 2. The van der Waals surface area contributed by atoms with E-state index in [1.807, 2.05) is 0 Å². The second kappa shape index (κ2) is 9.56. The van der Waals surface area contributed by atoms with E-state index in [-0.39, 0.29) is 10.6 Å². The van der Waals surface area contributed by atoms with Crippen LogP contribution in [0.4, 0.5) is 4.39 Å². The number of nitrogens with one attached hydrogen (secondary N) is 2. The van der Waals surface area contributed by atoms with Crippen LogP contribution in [-0.2, 0) is 9.53 Å². The SMILES string of the molecule is COc1ccc(C(=O)NNC(=O)COC(=O)c2c(F)cccc2Cl)cc1OC. The Kier molecular flexibility index (Phi) is 7.16. The van der Waals surface area contributed by atoms with Gasteiger partial charge >= 0.3 is 5.97 Å². The molecule has 0 saturated carbocycles. The smallest absolute Gasteiger partial charge is 0.343 e. The monoisotopic (exact) mass is 410 g/mol. The Morgan fingerprint density at radius 2 is 1.75 bits per heavy atom. The molecule has 148 valence electrons. The average Bonchev–Trinajstić information content (AvgIpc) is 2.69. The van der Waals surface area contributed by atoms with Gasteiger partial charge in [0.15, 0.2) is 18.1 Å². The lowest BCUT2D eigenvalue weighted by molar-refractivity contribution is -0.125. The molecule has 0 aromatic heterocycles. The molecule has 2 aromatic carbocycles. The lowest BCUT2D eigenvalue weighted by Gasteiger charge is -2.11. The van der Waals surface area contributed by atoms with E-state index in [9.17, 15) is 18.8 Å². The van der Waals surface area contributed by atoms with Gasteiger partial charge < -0.3 is 14.2 Å². The lowest BCUT2D eigenvalue weighted by atomic mass is 10.2. The number of hydrazine groups is 1. The van der Waals surface area contributed by atoms with E-state index in [4.69, 9.17) is 25.8 Å². The summed E-state index contributed by atoms with van der Waals surface area (Å²) in [7, 11) is 2.87. The van der Waals surface area contributed by atoms with Gasteiger partial charge in [-0.05, 0) is 30.3 Å². The zero-order valence-corrected chi connectivity index (χ0v) is 15.6. The van der Waals surface area contributed by atoms with Crippen molar-refractivity contribution in [1.82, 2.24) is 10.9 Å². The molecule has 0 unspecified atom stereocenters. The van der Waals surface area contributed by atoms with Crippen LogP contribution in [-0.4, -0.2) is 38.6 Å². The summed E-state index contributed by atoms with van der Waals surface area (Å²) in [6.07, 6.45) is 0. The van der Waals surface area contributed by atoms with Gasteiger partial charge in [-0.2, -0.15) is 0 Å². The molecule has 0 radical (unpaired) electrons. The van der Waals surface area contributed by atoms with Crippen LogP contribution < -0.4 is 20.3 Å². The molecule has 28 heavy (non-hydrogen) atoms. The van der Waals surface area contributed by atoms with Crippen molar-refractivity contribution < 1.29 is 33.0 Å². The number of hydrogen-bond acceptors (Lipinski definition) is 6. The van der Waals surface area contributed by atoms with Gasteiger partial charge in [0.2, 0.25) is 0 Å². The average molecular weight is 411 g/mol. The minimum Gasteiger partial charge on any atom is -0.493 e. The third kappa shape index (κ3) is 5.10. The highest BCUT2D eigenvalue weighted by Crippen LogP contribution is 2.27. The number of hydrogen-bond donors (Lipinski definition) is 2. The number of esters is 1. The molecule has 0 saturated heterocycles. The largest absolute Gasteiger partial charge is 0.493 e. The third-order valence-corrected chi connectivity index (χ3v) is 3.78. The van der Waals surface area contributed by atoms with Crippen LogP contribution in [0.1, 0.15) is 20.7 Å². The highest BCUT2D eigenvalue weighted by molar-refractivity contribution is 6.33. The van der Waals surface area contributed by atoms with Gasteiger partial charge in [-0.15, -0.1) is 0 Å². The van der Waals surface area contributed by atoms with Crippen molar-refractivity contribution in [3.63, 3.8) is 0 Å². The number of halogens is 2. The summed E-state index contributed by atoms with van der Waals surface area (Å²) in [6.45, 7) is -0.754. The molecule has 2 aromatic rings. The molecule has 0 spiro atoms. The fourth-order valence-electron chi connectivity index (χ4n) is 2.11. The normalized spacial score (nSPS) is 10.0. The standard InChI is InChI=1S/C18H16ClFN2O6/c1-26-13-7-6-10(8-14(13)27-2)17(24)22-21-15(23)9-28-18(25)16-11(19)4-3-5-12(16)20/h3-8H,9H2,1-2H3,(H,21,23)(H,22,24). The van der Waals surface area contributed by atoms with Gasteiger partial charge in [-0.25, -0.2) is 9.18 Å². The minimum absolute atomic E-state index is 0.146. The fourth-order valence-corrected chi connectivity index (χ4v) is 2.35. The molecule has 0 aliphatic heterocycles. The molecule has 0 aliphatic rings. The van der Waals surface area contributed by atoms with Crippen molar-refractivity contribution in [2.24, 2.45) is 0 Å². The van der Waals surface area contributed by atoms with E-state index in [1.54, 1.807) is 0 Å². The fraction of sp³-hybridized carbons (Fsp3) is 0.167. The molecule has 10 heteroatoms. The highest BCUT2D eigenvalue weighted by atomic mass is 35.5. The van der Waals surface area contributed by atoms with Crippen molar-refractivity contribution in [3.8, 4) is 11.5 Å². The summed E-state index contributed by atoms with van der Waals surface area (Å²) in [5, 5.41) is -0.146. The Labute approximate surface area is 164 Å². The lowest BCUT2D eigenvalue weighted by Crippen LogP contribution is -2.43. The summed E-state index contributed by atoms with van der Waals surface area (Å²) in [5.74, 6) is -2.70. The maximum absolute atomic E-state index is 13.6. The van der Waals surface area contributed by atoms with Gasteiger partial charge in [0.05, 0.1) is 19.2 Å². The van der Waals surface area contributed by atoms with Crippen molar-refractivity contribution in [2.45, 2.75) is 0 Å². The first-order valence-electron chi connectivity index (χ1n) is 7.79. The molecule has 8 nitrogen and oxygen atoms in total. The molecule has 2 N–H and O–H groups in total. The predicted molar refractivity (Wildman–Crippen MR) is 96.8 cm³/mol. The summed E-state index contributed by atoms with van der Waals surface area (Å²) >= 11 is 5.74. The first kappa shape index (κ1) is 21.0. The minimum atomic E-state index is -1.11. The van der Waals surface area contributed by atoms with E-state index in [0.29, 0.717) is 11.5 Å². The number of ether oxygens (including phenoxy) is 3. The quantitative estimate of drug-likeness (QED) is 0.558. The molecule has 0 atom stereocenters. The topological polar surface area (TPSA) is 103 Å². The molecular weight excluding hydrogens is 395 g/mol. The van der Waals surface area contributed by atoms with E-state index < -0.39 is 35.8 Å². The van der Waals surface area contributed by atoms with Crippen molar-refractivity contribution >= 4 is 29.4 Å². The molecule has 0 bridgehead atoms. The summed E-state index contributed by atoms with van der Waals surface area (Å²) in [5.41, 5.74) is 3.92. The van der Waals surface area contributed by atoms with Gasteiger partial charge in [0, 0.05) is 5.56 Å². The molecule has 0 aliphatic carbocycles. The van der Waals surface area contributed by atoms with Crippen LogP contribution in [0.15, 0.2) is 36.4 Å². The Morgan fingerprint density at radius 1 is 1.04 bits per heavy atom. The van der Waals surface area contributed by atoms with Crippen molar-refractivity contribution in [1.29, 1.82) is 0 Å². The van der Waals surface area contributed by atoms with Gasteiger partial charge in [0.25, 0.3) is 11.8 Å². The number of carbonyl (C=O) groups is 3. The Balaban J connectivity index is 1.88. The van der Waals surface area contributed by atoms with Crippen LogP contribution in [0, 0.1) is 5.82 Å². The summed E-state index contributed by atoms with van der Waals surface area (Å²) in [6, 6.07) is 8.07. The van der Waals surface area contributed by atoms with E-state index >= 15 is 0 Å². The maximum Gasteiger partial charge on any atom is 0.343 e. The Hall–Kier alpha value is -3.33. The number of benzene rings is 2. The predicted octanol–water partition coefficient (Wildman–Crippen LogP) is 2.11. The van der Waals surface area contributed by atoms with Crippen LogP contribution in [0.3, 0.4) is 0 Å². The zero-order valence-electron chi connectivity index (χ0n) is 14.9. The van der Waals surface area contributed by atoms with Gasteiger partial charge in [-0.3, -0.25) is 20.4 Å². The highest BCUT2D eigenvalue weighted by Gasteiger charge is 2.18. The van der Waals surface area contributed by atoms with E-state index in [0.717, 1.165) is 6.07 Å². The van der Waals surface area contributed by atoms with Gasteiger partial charge in [-0.1, -0.05) is 17.7 Å². The van der Waals surface area contributed by atoms with Crippen molar-refractivity contribution in [2.75, 3.05) is 20.8 Å². The van der Waals surface area contributed by atoms with Crippen LogP contribution >= 0.6 is 11.6 Å². The van der Waals surface area contributed by atoms with Crippen LogP contribution in [0.2, 0.25) is 5.02 Å². The molecule has 0 fully saturated rings.